The van der Waals surface area contributed by atoms with E-state index in [9.17, 15) is 4.79 Å². The Hall–Kier alpha value is -0.610. The molecular weight excluding hydrogens is 214 g/mol. The Kier molecular flexibility index (Phi) is 3.09. The first kappa shape index (κ1) is 11.5. The molecule has 3 rings (SSSR count). The van der Waals surface area contributed by atoms with Gasteiger partial charge in [0.1, 0.15) is 0 Å². The second-order valence-corrected chi connectivity index (χ2v) is 6.05. The Balaban J connectivity index is 1.44. The predicted octanol–water partition coefficient (Wildman–Crippen LogP) is 0.195. The molecule has 17 heavy (non-hydrogen) atoms. The summed E-state index contributed by atoms with van der Waals surface area (Å²) in [5, 5.41) is 6.69. The summed E-state index contributed by atoms with van der Waals surface area (Å²) in [7, 11) is 2.15. The first-order valence-corrected chi connectivity index (χ1v) is 6.94. The molecule has 4 unspecified atom stereocenters. The molecule has 0 spiro atoms. The molecule has 2 N–H and O–H groups in total. The van der Waals surface area contributed by atoms with E-state index in [-0.39, 0.29) is 5.92 Å². The van der Waals surface area contributed by atoms with Crippen LogP contribution in [0, 0.1) is 11.8 Å². The molecule has 0 radical (unpaired) electrons. The topological polar surface area (TPSA) is 44.4 Å². The van der Waals surface area contributed by atoms with Crippen LogP contribution in [-0.4, -0.2) is 49.6 Å². The molecule has 4 atom stereocenters. The first-order valence-electron chi connectivity index (χ1n) is 6.94. The molecular formula is C13H23N3O. The Labute approximate surface area is 103 Å². The van der Waals surface area contributed by atoms with E-state index in [1.807, 2.05) is 0 Å². The molecule has 2 bridgehead atoms. The summed E-state index contributed by atoms with van der Waals surface area (Å²) in [4.78, 5) is 14.5. The fourth-order valence-corrected chi connectivity index (χ4v) is 3.68. The lowest BCUT2D eigenvalue weighted by Crippen LogP contribution is -2.39. The monoisotopic (exact) mass is 237 g/mol. The molecule has 3 saturated heterocycles. The third kappa shape index (κ3) is 2.33. The summed E-state index contributed by atoms with van der Waals surface area (Å²) in [6.07, 6.45) is 4.74. The predicted molar refractivity (Wildman–Crippen MR) is 66.7 cm³/mol. The molecule has 1 amide bonds. The van der Waals surface area contributed by atoms with E-state index in [2.05, 4.69) is 22.6 Å². The van der Waals surface area contributed by atoms with Crippen molar-refractivity contribution in [3.63, 3.8) is 0 Å². The van der Waals surface area contributed by atoms with Crippen molar-refractivity contribution in [2.75, 3.05) is 26.7 Å². The smallest absolute Gasteiger partial charge is 0.224 e. The maximum atomic E-state index is 12.1. The molecule has 0 aromatic carbocycles. The van der Waals surface area contributed by atoms with Crippen molar-refractivity contribution in [1.29, 1.82) is 0 Å². The normalized spacial score (nSPS) is 41.0. The number of carbonyl (C=O) groups excluding carboxylic acids is 1. The van der Waals surface area contributed by atoms with Crippen LogP contribution < -0.4 is 10.6 Å². The standard InChI is InChI=1S/C13H23N3O/c1-16-5-4-9(8-16)7-14-13(17)11-6-10-2-3-12(11)15-10/h9-12,15H,2-8H2,1H3,(H,14,17). The highest BCUT2D eigenvalue weighted by atomic mass is 16.1. The van der Waals surface area contributed by atoms with E-state index in [0.29, 0.717) is 23.9 Å². The van der Waals surface area contributed by atoms with Crippen LogP contribution in [0.1, 0.15) is 25.7 Å². The number of likely N-dealkylation sites (tertiary alicyclic amines) is 1. The molecule has 96 valence electrons. The average molecular weight is 237 g/mol. The molecule has 3 aliphatic heterocycles. The van der Waals surface area contributed by atoms with Gasteiger partial charge in [0.15, 0.2) is 0 Å². The van der Waals surface area contributed by atoms with Gasteiger partial charge in [0.05, 0.1) is 5.92 Å². The third-order valence-corrected chi connectivity index (χ3v) is 4.69. The quantitative estimate of drug-likeness (QED) is 0.737. The summed E-state index contributed by atoms with van der Waals surface area (Å²) in [6, 6.07) is 1.08. The summed E-state index contributed by atoms with van der Waals surface area (Å²) in [5.41, 5.74) is 0. The molecule has 0 saturated carbocycles. The van der Waals surface area contributed by atoms with Crippen molar-refractivity contribution >= 4 is 5.91 Å². The van der Waals surface area contributed by atoms with E-state index in [1.165, 1.54) is 25.8 Å². The molecule has 3 heterocycles. The Morgan fingerprint density at radius 3 is 2.88 bits per heavy atom. The van der Waals surface area contributed by atoms with Gasteiger partial charge in [-0.25, -0.2) is 0 Å². The maximum Gasteiger partial charge on any atom is 0.224 e. The van der Waals surface area contributed by atoms with Gasteiger partial charge in [0.25, 0.3) is 0 Å². The van der Waals surface area contributed by atoms with Gasteiger partial charge >= 0.3 is 0 Å². The molecule has 3 aliphatic rings. The zero-order valence-electron chi connectivity index (χ0n) is 10.6. The number of nitrogens with zero attached hydrogens (tertiary/aromatic N) is 1. The molecule has 3 fully saturated rings. The fraction of sp³-hybridized carbons (Fsp3) is 0.923. The summed E-state index contributed by atoms with van der Waals surface area (Å²) < 4.78 is 0. The van der Waals surface area contributed by atoms with Gasteiger partial charge in [0, 0.05) is 25.2 Å². The van der Waals surface area contributed by atoms with Crippen molar-refractivity contribution in [1.82, 2.24) is 15.5 Å². The van der Waals surface area contributed by atoms with Gasteiger partial charge in [-0.05, 0) is 45.2 Å². The number of fused-ring (bicyclic) bond motifs is 2. The van der Waals surface area contributed by atoms with Crippen LogP contribution in [0.15, 0.2) is 0 Å². The van der Waals surface area contributed by atoms with Crippen LogP contribution in [0.4, 0.5) is 0 Å². The first-order chi connectivity index (χ1) is 8.22. The number of hydrogen-bond donors (Lipinski definition) is 2. The van der Waals surface area contributed by atoms with Crippen LogP contribution in [0.5, 0.6) is 0 Å². The zero-order valence-corrected chi connectivity index (χ0v) is 10.6. The van der Waals surface area contributed by atoms with E-state index in [1.54, 1.807) is 0 Å². The molecule has 0 aromatic rings. The Morgan fingerprint density at radius 1 is 1.41 bits per heavy atom. The Morgan fingerprint density at radius 2 is 2.29 bits per heavy atom. The lowest BCUT2D eigenvalue weighted by molar-refractivity contribution is -0.125. The van der Waals surface area contributed by atoms with Gasteiger partial charge in [0.2, 0.25) is 5.91 Å². The minimum absolute atomic E-state index is 0.243. The zero-order chi connectivity index (χ0) is 11.8. The third-order valence-electron chi connectivity index (χ3n) is 4.69. The van der Waals surface area contributed by atoms with Gasteiger partial charge in [-0.15, -0.1) is 0 Å². The van der Waals surface area contributed by atoms with Crippen molar-refractivity contribution < 1.29 is 4.79 Å². The summed E-state index contributed by atoms with van der Waals surface area (Å²) >= 11 is 0. The molecule has 0 aliphatic carbocycles. The number of hydrogen-bond acceptors (Lipinski definition) is 3. The number of nitrogens with one attached hydrogen (secondary N) is 2. The number of carbonyl (C=O) groups is 1. The molecule has 0 aromatic heterocycles. The van der Waals surface area contributed by atoms with Crippen LogP contribution in [-0.2, 0) is 4.79 Å². The highest BCUT2D eigenvalue weighted by Gasteiger charge is 2.42. The van der Waals surface area contributed by atoms with E-state index >= 15 is 0 Å². The van der Waals surface area contributed by atoms with Gasteiger partial charge in [-0.2, -0.15) is 0 Å². The van der Waals surface area contributed by atoms with Crippen molar-refractivity contribution in [3.8, 4) is 0 Å². The molecule has 4 nitrogen and oxygen atoms in total. The van der Waals surface area contributed by atoms with Gasteiger partial charge < -0.3 is 15.5 Å². The lowest BCUT2D eigenvalue weighted by Gasteiger charge is -2.20. The summed E-state index contributed by atoms with van der Waals surface area (Å²) in [5.74, 6) is 1.20. The Bertz CT molecular complexity index is 307. The van der Waals surface area contributed by atoms with Crippen LogP contribution in [0.2, 0.25) is 0 Å². The van der Waals surface area contributed by atoms with Gasteiger partial charge in [-0.3, -0.25) is 4.79 Å². The second-order valence-electron chi connectivity index (χ2n) is 6.05. The van der Waals surface area contributed by atoms with Crippen LogP contribution in [0.25, 0.3) is 0 Å². The highest BCUT2D eigenvalue weighted by molar-refractivity contribution is 5.80. The summed E-state index contributed by atoms with van der Waals surface area (Å²) in [6.45, 7) is 3.18. The minimum atomic E-state index is 0.243. The van der Waals surface area contributed by atoms with E-state index < -0.39 is 0 Å². The van der Waals surface area contributed by atoms with Crippen molar-refractivity contribution in [3.05, 3.63) is 0 Å². The average Bonchev–Trinajstić information content (AvgIpc) is 3.01. The number of rotatable bonds is 3. The largest absolute Gasteiger partial charge is 0.355 e. The van der Waals surface area contributed by atoms with Crippen LogP contribution >= 0.6 is 0 Å². The maximum absolute atomic E-state index is 12.1. The van der Waals surface area contributed by atoms with E-state index in [4.69, 9.17) is 0 Å². The SMILES string of the molecule is CN1CCC(CNC(=O)C2CC3CCC2N3)C1. The minimum Gasteiger partial charge on any atom is -0.355 e. The van der Waals surface area contributed by atoms with Crippen LogP contribution in [0.3, 0.4) is 0 Å². The van der Waals surface area contributed by atoms with Crippen molar-refractivity contribution in [2.45, 2.75) is 37.8 Å². The van der Waals surface area contributed by atoms with Crippen molar-refractivity contribution in [2.24, 2.45) is 11.8 Å². The van der Waals surface area contributed by atoms with E-state index in [0.717, 1.165) is 19.5 Å². The number of amides is 1. The second kappa shape index (κ2) is 4.58. The lowest BCUT2D eigenvalue weighted by atomic mass is 9.88. The fourth-order valence-electron chi connectivity index (χ4n) is 3.68. The van der Waals surface area contributed by atoms with Gasteiger partial charge in [-0.1, -0.05) is 0 Å². The highest BCUT2D eigenvalue weighted by Crippen LogP contribution is 2.33. The molecule has 4 heteroatoms.